The topological polar surface area (TPSA) is 37.4 Å². The molecule has 4 heteroatoms. The van der Waals surface area contributed by atoms with Crippen LogP contribution in [0.3, 0.4) is 0 Å². The average molecular weight is 263 g/mol. The zero-order chi connectivity index (χ0) is 14.2. The lowest BCUT2D eigenvalue weighted by Gasteiger charge is -2.31. The summed E-state index contributed by atoms with van der Waals surface area (Å²) in [4.78, 5) is 25.5. The highest BCUT2D eigenvalue weighted by Crippen LogP contribution is 2.29. The quantitative estimate of drug-likeness (QED) is 0.822. The lowest BCUT2D eigenvalue weighted by atomic mass is 9.89. The van der Waals surface area contributed by atoms with Crippen LogP contribution in [0.2, 0.25) is 0 Å². The lowest BCUT2D eigenvalue weighted by molar-refractivity contribution is -0.127. The summed E-state index contributed by atoms with van der Waals surface area (Å²) in [5.74, 6) is -0.384. The summed E-state index contributed by atoms with van der Waals surface area (Å²) in [5.41, 5.74) is 0.967. The maximum Gasteiger partial charge on any atom is 0.227 e. The van der Waals surface area contributed by atoms with Gasteiger partial charge in [-0.25, -0.2) is 4.39 Å². The van der Waals surface area contributed by atoms with Crippen LogP contribution in [-0.4, -0.2) is 18.2 Å². The van der Waals surface area contributed by atoms with E-state index in [4.69, 9.17) is 0 Å². The molecule has 0 saturated heterocycles. The van der Waals surface area contributed by atoms with E-state index in [-0.39, 0.29) is 24.1 Å². The number of benzene rings is 1. The molecular weight excluding hydrogens is 245 g/mol. The number of aryl methyl sites for hydroxylation is 1. The molecule has 3 nitrogen and oxygen atoms in total. The second kappa shape index (κ2) is 4.76. The van der Waals surface area contributed by atoms with Crippen LogP contribution in [0.25, 0.3) is 0 Å². The molecule has 0 bridgehead atoms. The molecule has 1 aliphatic rings. The van der Waals surface area contributed by atoms with E-state index in [0.717, 1.165) is 5.56 Å². The lowest BCUT2D eigenvalue weighted by Crippen LogP contribution is -2.42. The van der Waals surface area contributed by atoms with Gasteiger partial charge in [0.2, 0.25) is 5.91 Å². The molecule has 0 fully saturated rings. The minimum atomic E-state index is -0.488. The van der Waals surface area contributed by atoms with Gasteiger partial charge in [0.15, 0.2) is 5.78 Å². The summed E-state index contributed by atoms with van der Waals surface area (Å²) >= 11 is 0. The van der Waals surface area contributed by atoms with Gasteiger partial charge in [0.05, 0.1) is 6.54 Å². The fourth-order valence-corrected chi connectivity index (χ4v) is 2.08. The van der Waals surface area contributed by atoms with Crippen molar-refractivity contribution in [2.45, 2.75) is 33.6 Å². The maximum atomic E-state index is 13.2. The van der Waals surface area contributed by atoms with Crippen molar-refractivity contribution in [2.24, 2.45) is 5.41 Å². The predicted molar refractivity (Wildman–Crippen MR) is 71.5 cm³/mol. The Morgan fingerprint density at radius 2 is 2.00 bits per heavy atom. The largest absolute Gasteiger partial charge is 0.305 e. The van der Waals surface area contributed by atoms with Crippen molar-refractivity contribution in [1.82, 2.24) is 0 Å². The van der Waals surface area contributed by atoms with E-state index < -0.39 is 5.41 Å². The third-order valence-corrected chi connectivity index (χ3v) is 3.38. The van der Waals surface area contributed by atoms with Crippen molar-refractivity contribution in [2.75, 3.05) is 11.4 Å². The van der Waals surface area contributed by atoms with Gasteiger partial charge in [-0.1, -0.05) is 20.8 Å². The molecule has 1 aromatic carbocycles. The van der Waals surface area contributed by atoms with E-state index >= 15 is 0 Å². The van der Waals surface area contributed by atoms with E-state index in [0.29, 0.717) is 18.5 Å². The number of fused-ring (bicyclic) bond motifs is 1. The van der Waals surface area contributed by atoms with Crippen molar-refractivity contribution in [3.8, 4) is 0 Å². The van der Waals surface area contributed by atoms with Crippen LogP contribution >= 0.6 is 0 Å². The first-order chi connectivity index (χ1) is 8.79. The Hall–Kier alpha value is -1.71. The molecule has 1 aliphatic heterocycles. The van der Waals surface area contributed by atoms with Crippen LogP contribution in [0.1, 0.15) is 32.8 Å². The maximum absolute atomic E-state index is 13.2. The Balaban J connectivity index is 2.31. The predicted octanol–water partition coefficient (Wildman–Crippen LogP) is 2.72. The molecule has 0 spiro atoms. The summed E-state index contributed by atoms with van der Waals surface area (Å²) in [6.45, 7) is 5.54. The van der Waals surface area contributed by atoms with E-state index in [1.807, 2.05) is 20.8 Å². The summed E-state index contributed by atoms with van der Waals surface area (Å²) in [7, 11) is 0. The number of halogens is 1. The first-order valence-corrected chi connectivity index (χ1v) is 6.41. The molecule has 0 aromatic heterocycles. The fraction of sp³-hybridized carbons (Fsp3) is 0.467. The van der Waals surface area contributed by atoms with Crippen LogP contribution in [0.5, 0.6) is 0 Å². The van der Waals surface area contributed by atoms with Crippen molar-refractivity contribution in [1.29, 1.82) is 0 Å². The standard InChI is InChI=1S/C15H18FNO2/c1-15(2,3)13(18)9-17-12-6-5-11(16)8-10(12)4-7-14(17)19/h5-6,8H,4,7,9H2,1-3H3. The minimum absolute atomic E-state index is 0.00183. The van der Waals surface area contributed by atoms with Crippen molar-refractivity contribution < 1.29 is 14.0 Å². The third-order valence-electron chi connectivity index (χ3n) is 3.38. The zero-order valence-corrected chi connectivity index (χ0v) is 11.5. The van der Waals surface area contributed by atoms with E-state index in [2.05, 4.69) is 0 Å². The normalized spacial score (nSPS) is 15.4. The van der Waals surface area contributed by atoms with Gasteiger partial charge >= 0.3 is 0 Å². The van der Waals surface area contributed by atoms with Gasteiger partial charge in [-0.3, -0.25) is 9.59 Å². The molecule has 2 rings (SSSR count). The average Bonchev–Trinajstić information content (AvgIpc) is 2.31. The number of carbonyl (C=O) groups excluding carboxylic acids is 2. The summed E-state index contributed by atoms with van der Waals surface area (Å²) in [6, 6.07) is 4.35. The number of ketones is 1. The SMILES string of the molecule is CC(C)(C)C(=O)CN1C(=O)CCc2cc(F)ccc21. The Morgan fingerprint density at radius 3 is 2.63 bits per heavy atom. The molecule has 102 valence electrons. The molecule has 0 atom stereocenters. The Labute approximate surface area is 112 Å². The number of carbonyl (C=O) groups is 2. The zero-order valence-electron chi connectivity index (χ0n) is 11.5. The van der Waals surface area contributed by atoms with E-state index in [1.165, 1.54) is 17.0 Å². The van der Waals surface area contributed by atoms with Gasteiger partial charge in [0.25, 0.3) is 0 Å². The van der Waals surface area contributed by atoms with Gasteiger partial charge in [-0.2, -0.15) is 0 Å². The number of nitrogens with zero attached hydrogens (tertiary/aromatic N) is 1. The molecule has 0 saturated carbocycles. The van der Waals surface area contributed by atoms with Crippen LogP contribution in [0.15, 0.2) is 18.2 Å². The number of Topliss-reactive ketones (excluding diaryl/α,β-unsaturated/α-hetero) is 1. The molecular formula is C15H18FNO2. The molecule has 0 N–H and O–H groups in total. The minimum Gasteiger partial charge on any atom is -0.305 e. The first-order valence-electron chi connectivity index (χ1n) is 6.41. The van der Waals surface area contributed by atoms with Crippen molar-refractivity contribution in [3.05, 3.63) is 29.6 Å². The number of amides is 1. The third kappa shape index (κ3) is 2.83. The molecule has 1 amide bonds. The molecule has 1 heterocycles. The van der Waals surface area contributed by atoms with Gasteiger partial charge < -0.3 is 4.90 Å². The Morgan fingerprint density at radius 1 is 1.32 bits per heavy atom. The Bertz CT molecular complexity index is 531. The van der Waals surface area contributed by atoms with Gasteiger partial charge in [-0.15, -0.1) is 0 Å². The number of hydrogen-bond acceptors (Lipinski definition) is 2. The van der Waals surface area contributed by atoms with Crippen LogP contribution < -0.4 is 4.90 Å². The van der Waals surface area contributed by atoms with E-state index in [1.54, 1.807) is 6.07 Å². The summed E-state index contributed by atoms with van der Waals surface area (Å²) in [6.07, 6.45) is 0.861. The molecule has 0 radical (unpaired) electrons. The number of anilines is 1. The van der Waals surface area contributed by atoms with E-state index in [9.17, 15) is 14.0 Å². The fourth-order valence-electron chi connectivity index (χ4n) is 2.08. The number of hydrogen-bond donors (Lipinski definition) is 0. The van der Waals surface area contributed by atoms with Gasteiger partial charge in [0, 0.05) is 17.5 Å². The van der Waals surface area contributed by atoms with Crippen LogP contribution in [0.4, 0.5) is 10.1 Å². The highest BCUT2D eigenvalue weighted by atomic mass is 19.1. The highest BCUT2D eigenvalue weighted by molar-refractivity contribution is 6.02. The smallest absolute Gasteiger partial charge is 0.227 e. The second-order valence-electron chi connectivity index (χ2n) is 5.93. The van der Waals surface area contributed by atoms with Crippen LogP contribution in [-0.2, 0) is 16.0 Å². The highest BCUT2D eigenvalue weighted by Gasteiger charge is 2.30. The molecule has 19 heavy (non-hydrogen) atoms. The van der Waals surface area contributed by atoms with Crippen molar-refractivity contribution in [3.63, 3.8) is 0 Å². The van der Waals surface area contributed by atoms with Gasteiger partial charge in [0.1, 0.15) is 5.82 Å². The number of rotatable bonds is 2. The summed E-state index contributed by atoms with van der Waals surface area (Å²) in [5, 5.41) is 0. The first kappa shape index (κ1) is 13.7. The van der Waals surface area contributed by atoms with Crippen LogP contribution in [0, 0.1) is 11.2 Å². The Kier molecular flexibility index (Phi) is 3.43. The monoisotopic (exact) mass is 263 g/mol. The van der Waals surface area contributed by atoms with Gasteiger partial charge in [-0.05, 0) is 30.2 Å². The molecule has 0 aliphatic carbocycles. The molecule has 1 aromatic rings. The second-order valence-corrected chi connectivity index (χ2v) is 5.93. The molecule has 0 unspecified atom stereocenters. The summed E-state index contributed by atoms with van der Waals surface area (Å²) < 4.78 is 13.2. The van der Waals surface area contributed by atoms with Crippen molar-refractivity contribution >= 4 is 17.4 Å².